The number of aromatic nitrogens is 2. The third-order valence-corrected chi connectivity index (χ3v) is 6.20. The fourth-order valence-electron chi connectivity index (χ4n) is 4.07. The summed E-state index contributed by atoms with van der Waals surface area (Å²) < 4.78 is 9.30. The van der Waals surface area contributed by atoms with E-state index in [2.05, 4.69) is 5.32 Å². The Balaban J connectivity index is 1.37. The van der Waals surface area contributed by atoms with Crippen LogP contribution in [0.3, 0.4) is 0 Å². The van der Waals surface area contributed by atoms with Gasteiger partial charge in [0.15, 0.2) is 0 Å². The molecule has 0 radical (unpaired) electrons. The standard InChI is InChI=1S/C26H32N4O3/c1-20(31)28(2)16-15-27-19-21-7-9-22(10-8-21)29-17-18-30(26(29)32)23-11-13-25(14-12-23)33-24-5-3-4-6-24/h7-14,17-18,24,27H,3-6,15-16,19H2,1-2H3. The molecule has 7 heteroatoms. The summed E-state index contributed by atoms with van der Waals surface area (Å²) in [5, 5.41) is 3.33. The minimum absolute atomic E-state index is 0.0619. The van der Waals surface area contributed by atoms with Crippen molar-refractivity contribution in [3.63, 3.8) is 0 Å². The van der Waals surface area contributed by atoms with Gasteiger partial charge in [-0.25, -0.2) is 4.79 Å². The number of nitrogens with zero attached hydrogens (tertiary/aromatic N) is 3. The van der Waals surface area contributed by atoms with Gasteiger partial charge in [-0.05, 0) is 67.6 Å². The third-order valence-electron chi connectivity index (χ3n) is 6.20. The van der Waals surface area contributed by atoms with E-state index in [1.807, 2.05) is 48.5 Å². The average molecular weight is 449 g/mol. The van der Waals surface area contributed by atoms with Crippen LogP contribution in [0.1, 0.15) is 38.2 Å². The molecule has 1 fully saturated rings. The van der Waals surface area contributed by atoms with Crippen LogP contribution in [0, 0.1) is 0 Å². The van der Waals surface area contributed by atoms with E-state index in [0.717, 1.165) is 42.1 Å². The van der Waals surface area contributed by atoms with Crippen molar-refractivity contribution in [1.82, 2.24) is 19.4 Å². The molecule has 0 bridgehead atoms. The van der Waals surface area contributed by atoms with E-state index in [1.165, 1.54) is 12.8 Å². The lowest BCUT2D eigenvalue weighted by atomic mass is 10.2. The molecule has 1 N–H and O–H groups in total. The van der Waals surface area contributed by atoms with Gasteiger partial charge in [0.1, 0.15) is 5.75 Å². The molecule has 3 aromatic rings. The molecular weight excluding hydrogens is 416 g/mol. The number of imidazole rings is 1. The number of amides is 1. The highest BCUT2D eigenvalue weighted by atomic mass is 16.5. The number of likely N-dealkylation sites (N-methyl/N-ethyl adjacent to an activating group) is 1. The Hall–Kier alpha value is -3.32. The van der Waals surface area contributed by atoms with Crippen LogP contribution >= 0.6 is 0 Å². The van der Waals surface area contributed by atoms with Crippen molar-refractivity contribution in [2.45, 2.75) is 45.3 Å². The van der Waals surface area contributed by atoms with E-state index < -0.39 is 0 Å². The molecule has 0 spiro atoms. The number of benzene rings is 2. The smallest absolute Gasteiger partial charge is 0.337 e. The van der Waals surface area contributed by atoms with E-state index in [-0.39, 0.29) is 11.6 Å². The fourth-order valence-corrected chi connectivity index (χ4v) is 4.07. The minimum atomic E-state index is -0.113. The van der Waals surface area contributed by atoms with Crippen LogP contribution in [0.25, 0.3) is 11.4 Å². The van der Waals surface area contributed by atoms with Gasteiger partial charge in [-0.1, -0.05) is 12.1 Å². The molecule has 4 rings (SSSR count). The number of hydrogen-bond donors (Lipinski definition) is 1. The van der Waals surface area contributed by atoms with Gasteiger partial charge in [0, 0.05) is 46.0 Å². The summed E-state index contributed by atoms with van der Waals surface area (Å²) in [5.74, 6) is 0.919. The number of carbonyl (C=O) groups excluding carboxylic acids is 1. The maximum absolute atomic E-state index is 13.0. The summed E-state index contributed by atoms with van der Waals surface area (Å²) in [7, 11) is 1.79. The number of ether oxygens (including phenoxy) is 1. The van der Waals surface area contributed by atoms with Crippen molar-refractivity contribution >= 4 is 5.91 Å². The van der Waals surface area contributed by atoms with Crippen molar-refractivity contribution in [1.29, 1.82) is 0 Å². The van der Waals surface area contributed by atoms with Gasteiger partial charge >= 0.3 is 5.69 Å². The summed E-state index contributed by atoms with van der Waals surface area (Å²) in [6.07, 6.45) is 8.61. The summed E-state index contributed by atoms with van der Waals surface area (Å²) in [6.45, 7) is 3.67. The van der Waals surface area contributed by atoms with Crippen LogP contribution in [-0.4, -0.2) is 46.2 Å². The first kappa shape index (κ1) is 22.9. The number of hydrogen-bond acceptors (Lipinski definition) is 4. The first-order valence-electron chi connectivity index (χ1n) is 11.6. The van der Waals surface area contributed by atoms with Crippen LogP contribution in [-0.2, 0) is 11.3 Å². The van der Waals surface area contributed by atoms with Crippen molar-refractivity contribution in [3.8, 4) is 17.1 Å². The van der Waals surface area contributed by atoms with Crippen molar-refractivity contribution in [2.24, 2.45) is 0 Å². The number of rotatable bonds is 9. The predicted molar refractivity (Wildman–Crippen MR) is 129 cm³/mol. The quantitative estimate of drug-likeness (QED) is 0.509. The maximum Gasteiger partial charge on any atom is 0.337 e. The summed E-state index contributed by atoms with van der Waals surface area (Å²) in [5.41, 5.74) is 2.64. The molecule has 1 amide bonds. The topological polar surface area (TPSA) is 68.5 Å². The molecule has 1 heterocycles. The molecule has 0 aliphatic heterocycles. The molecule has 1 saturated carbocycles. The highest BCUT2D eigenvalue weighted by Gasteiger charge is 2.16. The van der Waals surface area contributed by atoms with Gasteiger partial charge < -0.3 is 15.0 Å². The van der Waals surface area contributed by atoms with Crippen LogP contribution in [0.5, 0.6) is 5.75 Å². The zero-order valence-electron chi connectivity index (χ0n) is 19.4. The zero-order chi connectivity index (χ0) is 23.2. The van der Waals surface area contributed by atoms with Crippen molar-refractivity contribution in [2.75, 3.05) is 20.1 Å². The van der Waals surface area contributed by atoms with Gasteiger partial charge in [0.05, 0.1) is 17.5 Å². The lowest BCUT2D eigenvalue weighted by molar-refractivity contribution is -0.127. The fraction of sp³-hybridized carbons (Fsp3) is 0.385. The zero-order valence-corrected chi connectivity index (χ0v) is 19.4. The monoisotopic (exact) mass is 448 g/mol. The average Bonchev–Trinajstić information content (AvgIpc) is 3.47. The molecule has 1 aliphatic rings. The lowest BCUT2D eigenvalue weighted by Gasteiger charge is -2.15. The molecule has 7 nitrogen and oxygen atoms in total. The minimum Gasteiger partial charge on any atom is -0.490 e. The normalized spacial score (nSPS) is 13.9. The molecule has 1 aromatic heterocycles. The molecule has 0 saturated heterocycles. The highest BCUT2D eigenvalue weighted by Crippen LogP contribution is 2.24. The Morgan fingerprint density at radius 3 is 2.15 bits per heavy atom. The van der Waals surface area contributed by atoms with Crippen LogP contribution in [0.4, 0.5) is 0 Å². The molecule has 174 valence electrons. The Kier molecular flexibility index (Phi) is 7.29. The summed E-state index contributed by atoms with van der Waals surface area (Å²) in [6, 6.07) is 15.6. The van der Waals surface area contributed by atoms with Crippen LogP contribution in [0.2, 0.25) is 0 Å². The second-order valence-corrected chi connectivity index (χ2v) is 8.62. The van der Waals surface area contributed by atoms with Gasteiger partial charge in [-0.3, -0.25) is 13.9 Å². The largest absolute Gasteiger partial charge is 0.490 e. The Morgan fingerprint density at radius 2 is 1.58 bits per heavy atom. The maximum atomic E-state index is 13.0. The van der Waals surface area contributed by atoms with Crippen molar-refractivity contribution in [3.05, 3.63) is 77.0 Å². The van der Waals surface area contributed by atoms with E-state index >= 15 is 0 Å². The van der Waals surface area contributed by atoms with Gasteiger partial charge in [-0.15, -0.1) is 0 Å². The lowest BCUT2D eigenvalue weighted by Crippen LogP contribution is -2.32. The third kappa shape index (κ3) is 5.73. The van der Waals surface area contributed by atoms with E-state index in [1.54, 1.807) is 40.4 Å². The van der Waals surface area contributed by atoms with Crippen LogP contribution in [0.15, 0.2) is 65.7 Å². The molecule has 33 heavy (non-hydrogen) atoms. The highest BCUT2D eigenvalue weighted by molar-refractivity contribution is 5.72. The van der Waals surface area contributed by atoms with Gasteiger partial charge in [0.2, 0.25) is 5.91 Å². The number of nitrogens with one attached hydrogen (secondary N) is 1. The SMILES string of the molecule is CC(=O)N(C)CCNCc1ccc(-n2ccn(-c3ccc(OC4CCCC4)cc3)c2=O)cc1. The predicted octanol–water partition coefficient (Wildman–Crippen LogP) is 3.52. The van der Waals surface area contributed by atoms with E-state index in [4.69, 9.17) is 4.74 Å². The molecule has 0 atom stereocenters. The van der Waals surface area contributed by atoms with Gasteiger partial charge in [-0.2, -0.15) is 0 Å². The molecule has 0 unspecified atom stereocenters. The Labute approximate surface area is 194 Å². The summed E-state index contributed by atoms with van der Waals surface area (Å²) in [4.78, 5) is 25.9. The second kappa shape index (κ2) is 10.5. The van der Waals surface area contributed by atoms with E-state index in [9.17, 15) is 9.59 Å². The van der Waals surface area contributed by atoms with Crippen molar-refractivity contribution < 1.29 is 9.53 Å². The van der Waals surface area contributed by atoms with Crippen LogP contribution < -0.4 is 15.7 Å². The molecular formula is C26H32N4O3. The molecule has 1 aliphatic carbocycles. The Morgan fingerprint density at radius 1 is 1.00 bits per heavy atom. The first-order chi connectivity index (χ1) is 16.0. The van der Waals surface area contributed by atoms with E-state index in [0.29, 0.717) is 19.2 Å². The Bertz CT molecular complexity index is 1110. The second-order valence-electron chi connectivity index (χ2n) is 8.62. The molecule has 2 aromatic carbocycles. The number of carbonyl (C=O) groups is 1. The first-order valence-corrected chi connectivity index (χ1v) is 11.6. The van der Waals surface area contributed by atoms with Gasteiger partial charge in [0.25, 0.3) is 0 Å². The summed E-state index contributed by atoms with van der Waals surface area (Å²) >= 11 is 0.